The summed E-state index contributed by atoms with van der Waals surface area (Å²) >= 11 is 5.99. The van der Waals surface area contributed by atoms with Crippen LogP contribution in [0.4, 0.5) is 5.82 Å². The minimum atomic E-state index is 0.234. The van der Waals surface area contributed by atoms with Crippen LogP contribution < -0.4 is 4.90 Å². The quantitative estimate of drug-likeness (QED) is 0.743. The zero-order chi connectivity index (χ0) is 11.7. The molecule has 0 N–H and O–H groups in total. The van der Waals surface area contributed by atoms with Crippen LogP contribution in [0.2, 0.25) is 5.15 Å². The normalized spacial score (nSPS) is 24.8. The number of hydrogen-bond acceptors (Lipinski definition) is 4. The molecule has 16 heavy (non-hydrogen) atoms. The van der Waals surface area contributed by atoms with Gasteiger partial charge in [0, 0.05) is 19.2 Å². The van der Waals surface area contributed by atoms with Gasteiger partial charge in [-0.15, -0.1) is 0 Å². The summed E-state index contributed by atoms with van der Waals surface area (Å²) in [6.45, 7) is 4.84. The molecule has 2 unspecified atom stereocenters. The van der Waals surface area contributed by atoms with Gasteiger partial charge in [0.2, 0.25) is 0 Å². The van der Waals surface area contributed by atoms with Crippen LogP contribution in [0.5, 0.6) is 0 Å². The first-order chi connectivity index (χ1) is 7.61. The van der Waals surface area contributed by atoms with E-state index in [4.69, 9.17) is 16.3 Å². The maximum Gasteiger partial charge on any atom is 0.137 e. The first-order valence-electron chi connectivity index (χ1n) is 5.42. The number of rotatable bonds is 2. The Bertz CT molecular complexity index is 385. The Labute approximate surface area is 101 Å². The van der Waals surface area contributed by atoms with E-state index in [9.17, 15) is 0 Å². The van der Waals surface area contributed by atoms with Gasteiger partial charge in [-0.25, -0.2) is 9.97 Å². The summed E-state index contributed by atoms with van der Waals surface area (Å²) in [5.41, 5.74) is 0.922. The monoisotopic (exact) mass is 241 g/mol. The molecule has 0 aromatic carbocycles. The molecular weight excluding hydrogens is 226 g/mol. The van der Waals surface area contributed by atoms with Crippen LogP contribution in [0, 0.1) is 6.92 Å². The molecule has 1 aliphatic heterocycles. The first kappa shape index (κ1) is 11.6. The smallest absolute Gasteiger partial charge is 0.137 e. The summed E-state index contributed by atoms with van der Waals surface area (Å²) in [6.07, 6.45) is 2.76. The molecule has 1 aromatic rings. The van der Waals surface area contributed by atoms with Gasteiger partial charge in [0.1, 0.15) is 17.3 Å². The van der Waals surface area contributed by atoms with E-state index in [0.717, 1.165) is 24.4 Å². The Hall–Kier alpha value is -0.870. The molecule has 0 amide bonds. The Balaban J connectivity index is 2.26. The molecule has 0 aliphatic carbocycles. The number of halogens is 1. The van der Waals surface area contributed by atoms with Gasteiger partial charge >= 0.3 is 0 Å². The molecule has 0 radical (unpaired) electrons. The van der Waals surface area contributed by atoms with Crippen molar-refractivity contribution >= 4 is 17.4 Å². The fourth-order valence-corrected chi connectivity index (χ4v) is 2.29. The highest BCUT2D eigenvalue weighted by atomic mass is 35.5. The average Bonchev–Trinajstić information content (AvgIpc) is 2.68. The van der Waals surface area contributed by atoms with Gasteiger partial charge in [0.15, 0.2) is 0 Å². The van der Waals surface area contributed by atoms with Gasteiger partial charge in [-0.05, 0) is 20.3 Å². The molecule has 4 nitrogen and oxygen atoms in total. The SMILES string of the molecule is Cc1c(Cl)ncnc1N(C)C1CCOC1C. The lowest BCUT2D eigenvalue weighted by atomic mass is 10.1. The summed E-state index contributed by atoms with van der Waals surface area (Å²) < 4.78 is 5.56. The number of anilines is 1. The van der Waals surface area contributed by atoms with E-state index < -0.39 is 0 Å². The number of likely N-dealkylation sites (N-methyl/N-ethyl adjacent to an activating group) is 1. The second-order valence-electron chi connectivity index (χ2n) is 4.16. The molecule has 0 spiro atoms. The zero-order valence-electron chi connectivity index (χ0n) is 9.77. The fraction of sp³-hybridized carbons (Fsp3) is 0.636. The third-order valence-electron chi connectivity index (χ3n) is 3.16. The highest BCUT2D eigenvalue weighted by Crippen LogP contribution is 2.27. The molecule has 1 fully saturated rings. The number of nitrogens with zero attached hydrogens (tertiary/aromatic N) is 3. The first-order valence-corrected chi connectivity index (χ1v) is 5.80. The summed E-state index contributed by atoms with van der Waals surface area (Å²) in [5.74, 6) is 0.891. The third kappa shape index (κ3) is 1.99. The number of aromatic nitrogens is 2. The van der Waals surface area contributed by atoms with Crippen molar-refractivity contribution in [2.45, 2.75) is 32.4 Å². The largest absolute Gasteiger partial charge is 0.376 e. The van der Waals surface area contributed by atoms with Crippen molar-refractivity contribution in [2.75, 3.05) is 18.6 Å². The minimum Gasteiger partial charge on any atom is -0.376 e. The highest BCUT2D eigenvalue weighted by Gasteiger charge is 2.29. The van der Waals surface area contributed by atoms with Gasteiger partial charge in [-0.2, -0.15) is 0 Å². The Morgan fingerprint density at radius 2 is 2.25 bits per heavy atom. The molecule has 2 heterocycles. The van der Waals surface area contributed by atoms with Crippen molar-refractivity contribution in [1.29, 1.82) is 0 Å². The van der Waals surface area contributed by atoms with E-state index >= 15 is 0 Å². The summed E-state index contributed by atoms with van der Waals surface area (Å²) in [4.78, 5) is 10.4. The van der Waals surface area contributed by atoms with E-state index in [-0.39, 0.29) is 6.10 Å². The van der Waals surface area contributed by atoms with E-state index in [2.05, 4.69) is 21.8 Å². The van der Waals surface area contributed by atoms with Crippen LogP contribution in [0.1, 0.15) is 18.9 Å². The van der Waals surface area contributed by atoms with Gasteiger partial charge in [-0.1, -0.05) is 11.6 Å². The van der Waals surface area contributed by atoms with Crippen molar-refractivity contribution in [3.05, 3.63) is 17.0 Å². The van der Waals surface area contributed by atoms with Crippen molar-refractivity contribution < 1.29 is 4.74 Å². The van der Waals surface area contributed by atoms with E-state index in [1.807, 2.05) is 14.0 Å². The van der Waals surface area contributed by atoms with Crippen LogP contribution in [0.15, 0.2) is 6.33 Å². The van der Waals surface area contributed by atoms with Crippen molar-refractivity contribution in [3.8, 4) is 0 Å². The molecule has 1 aliphatic rings. The van der Waals surface area contributed by atoms with Crippen LogP contribution in [0.3, 0.4) is 0 Å². The number of ether oxygens (including phenoxy) is 1. The second-order valence-corrected chi connectivity index (χ2v) is 4.51. The average molecular weight is 242 g/mol. The molecule has 2 atom stereocenters. The number of hydrogen-bond donors (Lipinski definition) is 0. The van der Waals surface area contributed by atoms with Crippen LogP contribution in [-0.2, 0) is 4.74 Å². The zero-order valence-corrected chi connectivity index (χ0v) is 10.5. The summed E-state index contributed by atoms with van der Waals surface area (Å²) in [7, 11) is 2.03. The lowest BCUT2D eigenvalue weighted by Gasteiger charge is -2.28. The minimum absolute atomic E-state index is 0.234. The predicted octanol–water partition coefficient (Wildman–Crippen LogP) is 2.05. The van der Waals surface area contributed by atoms with Gasteiger partial charge in [0.05, 0.1) is 12.1 Å². The molecule has 88 valence electrons. The van der Waals surface area contributed by atoms with Crippen molar-refractivity contribution in [3.63, 3.8) is 0 Å². The highest BCUT2D eigenvalue weighted by molar-refractivity contribution is 6.30. The lowest BCUT2D eigenvalue weighted by molar-refractivity contribution is 0.118. The van der Waals surface area contributed by atoms with E-state index in [1.54, 1.807) is 0 Å². The fourth-order valence-electron chi connectivity index (χ4n) is 2.16. The maximum atomic E-state index is 5.99. The third-order valence-corrected chi connectivity index (χ3v) is 3.54. The molecule has 1 aromatic heterocycles. The molecule has 1 saturated heterocycles. The molecule has 0 saturated carbocycles. The van der Waals surface area contributed by atoms with Crippen molar-refractivity contribution in [1.82, 2.24) is 9.97 Å². The Morgan fingerprint density at radius 3 is 2.88 bits per heavy atom. The van der Waals surface area contributed by atoms with Crippen LogP contribution in [0.25, 0.3) is 0 Å². The van der Waals surface area contributed by atoms with Crippen LogP contribution >= 0.6 is 11.6 Å². The molecular formula is C11H16ClN3O. The Morgan fingerprint density at radius 1 is 1.50 bits per heavy atom. The Kier molecular flexibility index (Phi) is 3.30. The van der Waals surface area contributed by atoms with Gasteiger partial charge < -0.3 is 9.64 Å². The van der Waals surface area contributed by atoms with E-state index in [0.29, 0.717) is 11.2 Å². The molecule has 2 rings (SSSR count). The predicted molar refractivity (Wildman–Crippen MR) is 64.0 cm³/mol. The maximum absolute atomic E-state index is 5.99. The standard InChI is InChI=1S/C11H16ClN3O/c1-7-10(12)13-6-14-11(7)15(3)9-4-5-16-8(9)2/h6,8-9H,4-5H2,1-3H3. The summed E-state index contributed by atoms with van der Waals surface area (Å²) in [6, 6.07) is 0.365. The van der Waals surface area contributed by atoms with Gasteiger partial charge in [-0.3, -0.25) is 0 Å². The van der Waals surface area contributed by atoms with Gasteiger partial charge in [0.25, 0.3) is 0 Å². The van der Waals surface area contributed by atoms with Crippen molar-refractivity contribution in [2.24, 2.45) is 0 Å². The lowest BCUT2D eigenvalue weighted by Crippen LogP contribution is -2.37. The molecule has 5 heteroatoms. The second kappa shape index (κ2) is 4.55. The summed E-state index contributed by atoms with van der Waals surface area (Å²) in [5, 5.41) is 0.517. The van der Waals surface area contributed by atoms with E-state index in [1.165, 1.54) is 6.33 Å². The topological polar surface area (TPSA) is 38.2 Å². The van der Waals surface area contributed by atoms with Crippen LogP contribution in [-0.4, -0.2) is 35.8 Å². The molecule has 0 bridgehead atoms.